The summed E-state index contributed by atoms with van der Waals surface area (Å²) in [6.45, 7) is 0. The van der Waals surface area contributed by atoms with Gasteiger partial charge in [0.2, 0.25) is 5.88 Å². The van der Waals surface area contributed by atoms with E-state index >= 15 is 0 Å². The lowest BCUT2D eigenvalue weighted by molar-refractivity contribution is -0.385. The van der Waals surface area contributed by atoms with Crippen LogP contribution in [0.5, 0.6) is 11.6 Å². The number of carbonyl (C=O) groups excluding carboxylic acids is 1. The number of methoxy groups -OCH3 is 1. The number of nitro benzene ring substituents is 1. The molecule has 108 valence electrons. The first-order valence-electron chi connectivity index (χ1n) is 5.68. The Balaban J connectivity index is 2.33. The van der Waals surface area contributed by atoms with Gasteiger partial charge in [-0.15, -0.1) is 0 Å². The summed E-state index contributed by atoms with van der Waals surface area (Å²) >= 11 is 3.11. The minimum absolute atomic E-state index is 0.124. The van der Waals surface area contributed by atoms with E-state index in [2.05, 4.69) is 25.7 Å². The predicted octanol–water partition coefficient (Wildman–Crippen LogP) is 3.33. The van der Waals surface area contributed by atoms with Crippen molar-refractivity contribution in [1.29, 1.82) is 0 Å². The molecule has 0 radical (unpaired) electrons. The van der Waals surface area contributed by atoms with Gasteiger partial charge in [0.1, 0.15) is 4.47 Å². The molecule has 0 fully saturated rings. The Morgan fingerprint density at radius 1 is 1.38 bits per heavy atom. The van der Waals surface area contributed by atoms with Crippen LogP contribution < -0.4 is 4.74 Å². The molecule has 0 saturated carbocycles. The molecule has 0 amide bonds. The van der Waals surface area contributed by atoms with Crippen molar-refractivity contribution in [2.45, 2.75) is 0 Å². The second kappa shape index (κ2) is 6.31. The molecule has 1 heterocycles. The molecule has 0 aliphatic carbocycles. The second-order valence-corrected chi connectivity index (χ2v) is 4.62. The number of rotatable bonds is 4. The summed E-state index contributed by atoms with van der Waals surface area (Å²) in [7, 11) is 1.26. The largest absolute Gasteiger partial charge is 0.465 e. The van der Waals surface area contributed by atoms with E-state index < -0.39 is 10.9 Å². The lowest BCUT2D eigenvalue weighted by Gasteiger charge is -2.07. The fourth-order valence-electron chi connectivity index (χ4n) is 1.54. The summed E-state index contributed by atoms with van der Waals surface area (Å²) in [4.78, 5) is 25.7. The van der Waals surface area contributed by atoms with Gasteiger partial charge in [0.05, 0.1) is 17.6 Å². The van der Waals surface area contributed by atoms with Crippen LogP contribution in [-0.2, 0) is 4.74 Å². The van der Waals surface area contributed by atoms with E-state index in [0.29, 0.717) is 0 Å². The zero-order valence-corrected chi connectivity index (χ0v) is 12.4. The minimum Gasteiger partial charge on any atom is -0.465 e. The highest BCUT2D eigenvalue weighted by Gasteiger charge is 2.17. The molecule has 1 aromatic heterocycles. The van der Waals surface area contributed by atoms with Crippen LogP contribution in [0.2, 0.25) is 0 Å². The summed E-state index contributed by atoms with van der Waals surface area (Å²) in [5, 5.41) is 10.9. The number of ether oxygens (including phenoxy) is 2. The van der Waals surface area contributed by atoms with Gasteiger partial charge >= 0.3 is 5.97 Å². The van der Waals surface area contributed by atoms with Gasteiger partial charge in [-0.3, -0.25) is 10.1 Å². The molecule has 0 saturated heterocycles. The van der Waals surface area contributed by atoms with Crippen molar-refractivity contribution in [3.63, 3.8) is 0 Å². The number of halogens is 1. The van der Waals surface area contributed by atoms with Gasteiger partial charge in [-0.25, -0.2) is 9.78 Å². The molecular weight excluding hydrogens is 344 g/mol. The molecule has 0 unspecified atom stereocenters. The van der Waals surface area contributed by atoms with Crippen molar-refractivity contribution >= 4 is 27.6 Å². The van der Waals surface area contributed by atoms with Crippen LogP contribution in [0.1, 0.15) is 10.4 Å². The Hall–Kier alpha value is -2.48. The van der Waals surface area contributed by atoms with Crippen LogP contribution in [0.15, 0.2) is 41.0 Å². The van der Waals surface area contributed by atoms with Crippen molar-refractivity contribution < 1.29 is 19.2 Å². The highest BCUT2D eigenvalue weighted by molar-refractivity contribution is 9.10. The molecule has 21 heavy (non-hydrogen) atoms. The maximum atomic E-state index is 11.4. The topological polar surface area (TPSA) is 91.6 Å². The Labute approximate surface area is 127 Å². The van der Waals surface area contributed by atoms with Gasteiger partial charge in [-0.05, 0) is 28.1 Å². The van der Waals surface area contributed by atoms with E-state index in [-0.39, 0.29) is 27.4 Å². The van der Waals surface area contributed by atoms with Crippen molar-refractivity contribution in [2.24, 2.45) is 0 Å². The third-order valence-corrected chi connectivity index (χ3v) is 3.31. The third kappa shape index (κ3) is 3.34. The monoisotopic (exact) mass is 352 g/mol. The predicted molar refractivity (Wildman–Crippen MR) is 76.4 cm³/mol. The van der Waals surface area contributed by atoms with Crippen molar-refractivity contribution in [2.75, 3.05) is 7.11 Å². The molecular formula is C13H9BrN2O5. The van der Waals surface area contributed by atoms with Crippen molar-refractivity contribution in [3.8, 4) is 11.6 Å². The third-order valence-electron chi connectivity index (χ3n) is 2.51. The molecule has 0 aliphatic heterocycles. The lowest BCUT2D eigenvalue weighted by Crippen LogP contribution is -2.02. The number of nitrogens with zero attached hydrogens (tertiary/aromatic N) is 2. The number of aromatic nitrogens is 1. The normalized spacial score (nSPS) is 10.0. The van der Waals surface area contributed by atoms with E-state index in [4.69, 9.17) is 4.74 Å². The van der Waals surface area contributed by atoms with Gasteiger partial charge < -0.3 is 9.47 Å². The molecule has 0 N–H and O–H groups in total. The number of carbonyl (C=O) groups is 1. The Bertz CT molecular complexity index is 705. The fourth-order valence-corrected chi connectivity index (χ4v) is 2.03. The number of pyridine rings is 1. The maximum Gasteiger partial charge on any atom is 0.338 e. The Morgan fingerprint density at radius 2 is 2.14 bits per heavy atom. The zero-order valence-electron chi connectivity index (χ0n) is 10.8. The first kappa shape index (κ1) is 14.9. The van der Waals surface area contributed by atoms with Crippen LogP contribution >= 0.6 is 15.9 Å². The lowest BCUT2D eigenvalue weighted by atomic mass is 10.2. The Kier molecular flexibility index (Phi) is 4.49. The average Bonchev–Trinajstić information content (AvgIpc) is 2.48. The summed E-state index contributed by atoms with van der Waals surface area (Å²) in [6.07, 6.45) is 1.38. The molecule has 0 bridgehead atoms. The highest BCUT2D eigenvalue weighted by atomic mass is 79.9. The van der Waals surface area contributed by atoms with E-state index in [1.807, 2.05) is 0 Å². The number of hydrogen-bond acceptors (Lipinski definition) is 6. The van der Waals surface area contributed by atoms with Crippen LogP contribution in [0, 0.1) is 10.1 Å². The number of benzene rings is 1. The minimum atomic E-state index is -0.532. The van der Waals surface area contributed by atoms with Crippen LogP contribution in [0.25, 0.3) is 0 Å². The van der Waals surface area contributed by atoms with E-state index in [1.54, 1.807) is 6.07 Å². The number of esters is 1. The number of hydrogen-bond donors (Lipinski definition) is 0. The molecule has 0 aliphatic rings. The van der Waals surface area contributed by atoms with E-state index in [0.717, 1.165) is 0 Å². The molecule has 8 heteroatoms. The van der Waals surface area contributed by atoms with Crippen molar-refractivity contribution in [1.82, 2.24) is 4.98 Å². The van der Waals surface area contributed by atoms with E-state index in [9.17, 15) is 14.9 Å². The quantitative estimate of drug-likeness (QED) is 0.476. The highest BCUT2D eigenvalue weighted by Crippen LogP contribution is 2.36. The first-order valence-corrected chi connectivity index (χ1v) is 6.47. The van der Waals surface area contributed by atoms with Gasteiger partial charge in [-0.1, -0.05) is 6.07 Å². The molecule has 2 rings (SSSR count). The molecule has 7 nitrogen and oxygen atoms in total. The Morgan fingerprint density at radius 3 is 2.81 bits per heavy atom. The standard InChI is InChI=1S/C13H9BrN2O5/c1-20-13(17)8-5-6-15-11(7-8)21-10-4-2-3-9(12(10)14)16(18)19/h2-7H,1H3. The molecule has 0 atom stereocenters. The smallest absolute Gasteiger partial charge is 0.338 e. The zero-order chi connectivity index (χ0) is 15.4. The SMILES string of the molecule is COC(=O)c1ccnc(Oc2cccc([N+](=O)[O-])c2Br)c1. The molecule has 1 aromatic carbocycles. The summed E-state index contributed by atoms with van der Waals surface area (Å²) in [5.74, 6) is -0.182. The van der Waals surface area contributed by atoms with Gasteiger partial charge in [-0.2, -0.15) is 0 Å². The van der Waals surface area contributed by atoms with Crippen molar-refractivity contribution in [3.05, 3.63) is 56.7 Å². The summed E-state index contributed by atoms with van der Waals surface area (Å²) < 4.78 is 10.3. The average molecular weight is 353 g/mol. The van der Waals surface area contributed by atoms with Crippen LogP contribution in [0.4, 0.5) is 5.69 Å². The van der Waals surface area contributed by atoms with Gasteiger partial charge in [0.15, 0.2) is 5.75 Å². The van der Waals surface area contributed by atoms with Gasteiger partial charge in [0.25, 0.3) is 5.69 Å². The molecule has 2 aromatic rings. The van der Waals surface area contributed by atoms with Gasteiger partial charge in [0, 0.05) is 18.3 Å². The maximum absolute atomic E-state index is 11.4. The number of nitro groups is 1. The summed E-state index contributed by atoms with van der Waals surface area (Å²) in [5.41, 5.74) is 0.140. The van der Waals surface area contributed by atoms with E-state index in [1.165, 1.54) is 37.6 Å². The van der Waals surface area contributed by atoms with Crippen LogP contribution in [0.3, 0.4) is 0 Å². The fraction of sp³-hybridized carbons (Fsp3) is 0.0769. The second-order valence-electron chi connectivity index (χ2n) is 3.82. The summed E-state index contributed by atoms with van der Waals surface area (Å²) in [6, 6.07) is 7.24. The van der Waals surface area contributed by atoms with Crippen LogP contribution in [-0.4, -0.2) is 23.0 Å². The first-order chi connectivity index (χ1) is 10.0. The molecule has 0 spiro atoms.